The fourth-order valence-electron chi connectivity index (χ4n) is 1.93. The lowest BCUT2D eigenvalue weighted by Gasteiger charge is -2.15. The molecular formula is C16H14ClNO3. The zero-order chi connectivity index (χ0) is 15.2. The van der Waals surface area contributed by atoms with Crippen LogP contribution in [0.25, 0.3) is 0 Å². The number of benzene rings is 2. The van der Waals surface area contributed by atoms with Crippen molar-refractivity contribution in [3.63, 3.8) is 0 Å². The van der Waals surface area contributed by atoms with Gasteiger partial charge >= 0.3 is 5.97 Å². The Morgan fingerprint density at radius 2 is 1.81 bits per heavy atom. The second kappa shape index (κ2) is 6.90. The summed E-state index contributed by atoms with van der Waals surface area (Å²) in [5, 5.41) is 12.3. The Hall–Kier alpha value is -2.33. The molecule has 0 saturated heterocycles. The van der Waals surface area contributed by atoms with Crippen molar-refractivity contribution in [1.82, 2.24) is 5.32 Å². The molecular weight excluding hydrogens is 290 g/mol. The Morgan fingerprint density at radius 3 is 2.43 bits per heavy atom. The number of halogens is 1. The molecule has 21 heavy (non-hydrogen) atoms. The molecule has 1 atom stereocenters. The van der Waals surface area contributed by atoms with Crippen LogP contribution in [-0.4, -0.2) is 23.0 Å². The van der Waals surface area contributed by atoms with Gasteiger partial charge < -0.3 is 10.4 Å². The van der Waals surface area contributed by atoms with Crippen LogP contribution in [0.2, 0.25) is 5.02 Å². The second-order valence-corrected chi connectivity index (χ2v) is 5.00. The molecule has 0 bridgehead atoms. The average molecular weight is 304 g/mol. The van der Waals surface area contributed by atoms with Gasteiger partial charge in [0.05, 0.1) is 0 Å². The van der Waals surface area contributed by atoms with E-state index in [9.17, 15) is 14.7 Å². The quantitative estimate of drug-likeness (QED) is 0.892. The fourth-order valence-corrected chi connectivity index (χ4v) is 2.14. The van der Waals surface area contributed by atoms with Crippen molar-refractivity contribution in [2.75, 3.05) is 0 Å². The van der Waals surface area contributed by atoms with Crippen molar-refractivity contribution < 1.29 is 14.7 Å². The zero-order valence-corrected chi connectivity index (χ0v) is 11.9. The summed E-state index contributed by atoms with van der Waals surface area (Å²) in [6.07, 6.45) is 0.175. The summed E-state index contributed by atoms with van der Waals surface area (Å²) in [6, 6.07) is 14.4. The number of hydrogen-bond donors (Lipinski definition) is 2. The van der Waals surface area contributed by atoms with Crippen molar-refractivity contribution in [3.05, 3.63) is 70.7 Å². The molecule has 108 valence electrons. The zero-order valence-electron chi connectivity index (χ0n) is 11.1. The van der Waals surface area contributed by atoms with E-state index in [0.717, 1.165) is 5.56 Å². The van der Waals surface area contributed by atoms with Gasteiger partial charge in [-0.3, -0.25) is 4.79 Å². The number of aliphatic carboxylic acids is 1. The Morgan fingerprint density at radius 1 is 1.10 bits per heavy atom. The van der Waals surface area contributed by atoms with Crippen LogP contribution in [0.4, 0.5) is 0 Å². The van der Waals surface area contributed by atoms with E-state index < -0.39 is 17.9 Å². The Labute approximate surface area is 127 Å². The van der Waals surface area contributed by atoms with Crippen molar-refractivity contribution in [2.24, 2.45) is 0 Å². The van der Waals surface area contributed by atoms with Gasteiger partial charge in [-0.05, 0) is 29.8 Å². The summed E-state index contributed by atoms with van der Waals surface area (Å²) in [5.41, 5.74) is 1.18. The van der Waals surface area contributed by atoms with Crippen LogP contribution in [0, 0.1) is 0 Å². The number of carboxylic acids is 1. The third-order valence-electron chi connectivity index (χ3n) is 2.97. The van der Waals surface area contributed by atoms with E-state index in [-0.39, 0.29) is 6.42 Å². The highest BCUT2D eigenvalue weighted by atomic mass is 35.5. The molecule has 4 nitrogen and oxygen atoms in total. The third kappa shape index (κ3) is 4.33. The second-order valence-electron chi connectivity index (χ2n) is 4.56. The molecule has 0 unspecified atom stereocenters. The van der Waals surface area contributed by atoms with E-state index in [2.05, 4.69) is 5.32 Å². The van der Waals surface area contributed by atoms with Gasteiger partial charge in [-0.2, -0.15) is 0 Å². The van der Waals surface area contributed by atoms with Crippen LogP contribution in [0.1, 0.15) is 15.9 Å². The van der Waals surface area contributed by atoms with Crippen LogP contribution in [0.5, 0.6) is 0 Å². The van der Waals surface area contributed by atoms with E-state index in [1.165, 1.54) is 0 Å². The number of carbonyl (C=O) groups is 2. The standard InChI is InChI=1S/C16H14ClNO3/c17-13-8-4-5-11(9-13)10-14(16(20)21)18-15(19)12-6-2-1-3-7-12/h1-9,14H,10H2,(H,18,19)(H,20,21)/t14-/m0/s1. The molecule has 2 rings (SSSR count). The molecule has 0 radical (unpaired) electrons. The number of carbonyl (C=O) groups excluding carboxylic acids is 1. The number of rotatable bonds is 5. The lowest BCUT2D eigenvalue weighted by molar-refractivity contribution is -0.139. The normalized spacial score (nSPS) is 11.7. The van der Waals surface area contributed by atoms with Crippen LogP contribution >= 0.6 is 11.6 Å². The largest absolute Gasteiger partial charge is 0.480 e. The first-order valence-electron chi connectivity index (χ1n) is 6.39. The van der Waals surface area contributed by atoms with Gasteiger partial charge in [0.2, 0.25) is 0 Å². The lowest BCUT2D eigenvalue weighted by atomic mass is 10.1. The Balaban J connectivity index is 2.09. The lowest BCUT2D eigenvalue weighted by Crippen LogP contribution is -2.42. The monoisotopic (exact) mass is 303 g/mol. The van der Waals surface area contributed by atoms with E-state index in [1.54, 1.807) is 54.6 Å². The summed E-state index contributed by atoms with van der Waals surface area (Å²) < 4.78 is 0. The molecule has 0 aliphatic heterocycles. The minimum absolute atomic E-state index is 0.175. The van der Waals surface area contributed by atoms with Crippen LogP contribution in [0.15, 0.2) is 54.6 Å². The van der Waals surface area contributed by atoms with Gasteiger partial charge in [0.25, 0.3) is 5.91 Å². The van der Waals surface area contributed by atoms with E-state index in [4.69, 9.17) is 11.6 Å². The summed E-state index contributed by atoms with van der Waals surface area (Å²) in [6.45, 7) is 0. The summed E-state index contributed by atoms with van der Waals surface area (Å²) in [7, 11) is 0. The molecule has 0 saturated carbocycles. The highest BCUT2D eigenvalue weighted by molar-refractivity contribution is 6.30. The molecule has 0 fully saturated rings. The highest BCUT2D eigenvalue weighted by Gasteiger charge is 2.21. The van der Waals surface area contributed by atoms with Crippen molar-refractivity contribution >= 4 is 23.5 Å². The third-order valence-corrected chi connectivity index (χ3v) is 3.20. The maximum Gasteiger partial charge on any atom is 0.326 e. The van der Waals surface area contributed by atoms with Gasteiger partial charge in [-0.15, -0.1) is 0 Å². The van der Waals surface area contributed by atoms with Crippen LogP contribution in [0.3, 0.4) is 0 Å². The first-order valence-corrected chi connectivity index (χ1v) is 6.77. The van der Waals surface area contributed by atoms with Crippen molar-refractivity contribution in [1.29, 1.82) is 0 Å². The smallest absolute Gasteiger partial charge is 0.326 e. The van der Waals surface area contributed by atoms with Crippen LogP contribution < -0.4 is 5.32 Å². The minimum atomic E-state index is -1.08. The maximum atomic E-state index is 12.0. The summed E-state index contributed by atoms with van der Waals surface area (Å²) in [5.74, 6) is -1.50. The van der Waals surface area contributed by atoms with Gasteiger partial charge in [-0.25, -0.2) is 4.79 Å². The number of nitrogens with one attached hydrogen (secondary N) is 1. The van der Waals surface area contributed by atoms with Gasteiger partial charge in [0.15, 0.2) is 0 Å². The van der Waals surface area contributed by atoms with Crippen LogP contribution in [-0.2, 0) is 11.2 Å². The van der Waals surface area contributed by atoms with E-state index >= 15 is 0 Å². The highest BCUT2D eigenvalue weighted by Crippen LogP contribution is 2.12. The number of hydrogen-bond acceptors (Lipinski definition) is 2. The molecule has 0 aromatic heterocycles. The Bertz CT molecular complexity index is 643. The molecule has 1 amide bonds. The minimum Gasteiger partial charge on any atom is -0.480 e. The SMILES string of the molecule is O=C(N[C@@H](Cc1cccc(Cl)c1)C(=O)O)c1ccccc1. The van der Waals surface area contributed by atoms with Gasteiger partial charge in [0, 0.05) is 17.0 Å². The molecule has 0 aliphatic rings. The fraction of sp³-hybridized carbons (Fsp3) is 0.125. The number of amides is 1. The Kier molecular flexibility index (Phi) is 4.95. The van der Waals surface area contributed by atoms with Crippen molar-refractivity contribution in [3.8, 4) is 0 Å². The number of carboxylic acid groups (broad SMARTS) is 1. The summed E-state index contributed by atoms with van der Waals surface area (Å²) in [4.78, 5) is 23.3. The van der Waals surface area contributed by atoms with Gasteiger partial charge in [0.1, 0.15) is 6.04 Å². The summed E-state index contributed by atoms with van der Waals surface area (Å²) >= 11 is 5.87. The van der Waals surface area contributed by atoms with E-state index in [1.807, 2.05) is 0 Å². The molecule has 2 aromatic carbocycles. The molecule has 0 aliphatic carbocycles. The topological polar surface area (TPSA) is 66.4 Å². The first-order chi connectivity index (χ1) is 10.1. The molecule has 5 heteroatoms. The average Bonchev–Trinajstić information content (AvgIpc) is 2.47. The predicted octanol–water partition coefficient (Wildman–Crippen LogP) is 2.77. The molecule has 2 aromatic rings. The predicted molar refractivity (Wildman–Crippen MR) is 80.5 cm³/mol. The molecule has 0 heterocycles. The van der Waals surface area contributed by atoms with E-state index in [0.29, 0.717) is 10.6 Å². The van der Waals surface area contributed by atoms with Gasteiger partial charge in [-0.1, -0.05) is 41.9 Å². The first kappa shape index (κ1) is 15.1. The molecule has 2 N–H and O–H groups in total. The maximum absolute atomic E-state index is 12.0. The van der Waals surface area contributed by atoms with Crippen molar-refractivity contribution in [2.45, 2.75) is 12.5 Å². The molecule has 0 spiro atoms.